The van der Waals surface area contributed by atoms with Crippen LogP contribution >= 0.6 is 0 Å². The van der Waals surface area contributed by atoms with Crippen molar-refractivity contribution >= 4 is 5.91 Å². The fourth-order valence-corrected chi connectivity index (χ4v) is 3.65. The van der Waals surface area contributed by atoms with Crippen LogP contribution < -0.4 is 0 Å². The summed E-state index contributed by atoms with van der Waals surface area (Å²) in [6.45, 7) is 8.20. The molecule has 4 rings (SSSR count). The smallest absolute Gasteiger partial charge is 0.276 e. The summed E-state index contributed by atoms with van der Waals surface area (Å²) in [5.74, 6) is -0.357. The van der Waals surface area contributed by atoms with E-state index in [2.05, 4.69) is 29.1 Å². The number of nitrogens with zero attached hydrogens (tertiary/aromatic N) is 5. The van der Waals surface area contributed by atoms with E-state index in [0.717, 1.165) is 18.7 Å². The van der Waals surface area contributed by atoms with Crippen LogP contribution in [0.3, 0.4) is 0 Å². The van der Waals surface area contributed by atoms with Crippen LogP contribution in [0.15, 0.2) is 24.3 Å². The van der Waals surface area contributed by atoms with E-state index in [1.165, 1.54) is 12.1 Å². The van der Waals surface area contributed by atoms with E-state index in [0.29, 0.717) is 37.1 Å². The minimum Gasteiger partial charge on any atom is -0.365 e. The average Bonchev–Trinajstić information content (AvgIpc) is 3.11. The zero-order chi connectivity index (χ0) is 19.0. The first-order valence-electron chi connectivity index (χ1n) is 9.35. The zero-order valence-corrected chi connectivity index (χ0v) is 15.6. The van der Waals surface area contributed by atoms with Crippen molar-refractivity contribution in [3.05, 3.63) is 47.0 Å². The number of carbonyl (C=O) groups is 1. The predicted octanol–water partition coefficient (Wildman–Crippen LogP) is 1.85. The predicted molar refractivity (Wildman–Crippen MR) is 96.6 cm³/mol. The highest BCUT2D eigenvalue weighted by atomic mass is 19.1. The van der Waals surface area contributed by atoms with Crippen LogP contribution in [-0.2, 0) is 17.9 Å². The monoisotopic (exact) mass is 373 g/mol. The molecule has 0 aliphatic carbocycles. The summed E-state index contributed by atoms with van der Waals surface area (Å²) in [6, 6.07) is 6.74. The van der Waals surface area contributed by atoms with E-state index in [9.17, 15) is 9.18 Å². The van der Waals surface area contributed by atoms with Gasteiger partial charge in [-0.1, -0.05) is 17.3 Å². The summed E-state index contributed by atoms with van der Waals surface area (Å²) in [4.78, 5) is 17.1. The number of hydrogen-bond donors (Lipinski definition) is 0. The number of piperazine rings is 1. The molecule has 27 heavy (non-hydrogen) atoms. The third kappa shape index (κ3) is 3.59. The molecule has 1 amide bonds. The highest BCUT2D eigenvalue weighted by Gasteiger charge is 2.31. The van der Waals surface area contributed by atoms with Crippen LogP contribution in [0.25, 0.3) is 0 Å². The Bertz CT molecular complexity index is 812. The first-order valence-corrected chi connectivity index (χ1v) is 9.35. The molecule has 1 saturated heterocycles. The second-order valence-electron chi connectivity index (χ2n) is 7.34. The van der Waals surface area contributed by atoms with Gasteiger partial charge in [0.1, 0.15) is 11.9 Å². The molecule has 2 aliphatic rings. The molecule has 3 heterocycles. The van der Waals surface area contributed by atoms with Crippen LogP contribution in [-0.4, -0.2) is 62.9 Å². The molecule has 0 spiro atoms. The van der Waals surface area contributed by atoms with Gasteiger partial charge in [0.15, 0.2) is 5.69 Å². The topological polar surface area (TPSA) is 63.5 Å². The van der Waals surface area contributed by atoms with Gasteiger partial charge in [-0.15, -0.1) is 5.10 Å². The van der Waals surface area contributed by atoms with E-state index in [1.807, 2.05) is 4.90 Å². The second kappa shape index (κ2) is 7.36. The Hall–Kier alpha value is -2.32. The van der Waals surface area contributed by atoms with Crippen molar-refractivity contribution in [2.45, 2.75) is 39.1 Å². The van der Waals surface area contributed by atoms with Gasteiger partial charge >= 0.3 is 0 Å². The van der Waals surface area contributed by atoms with Crippen LogP contribution in [0, 0.1) is 5.82 Å². The Labute approximate surface area is 157 Å². The zero-order valence-electron chi connectivity index (χ0n) is 15.6. The van der Waals surface area contributed by atoms with Crippen molar-refractivity contribution in [1.29, 1.82) is 0 Å². The molecule has 0 radical (unpaired) electrons. The third-order valence-corrected chi connectivity index (χ3v) is 5.37. The molecule has 1 aromatic carbocycles. The first-order chi connectivity index (χ1) is 13.0. The largest absolute Gasteiger partial charge is 0.365 e. The van der Waals surface area contributed by atoms with Crippen molar-refractivity contribution in [3.8, 4) is 0 Å². The second-order valence-corrected chi connectivity index (χ2v) is 7.34. The molecule has 8 heteroatoms. The normalized spacial score (nSPS) is 20.7. The summed E-state index contributed by atoms with van der Waals surface area (Å²) in [5, 5.41) is 8.30. The van der Waals surface area contributed by atoms with E-state index in [-0.39, 0.29) is 24.4 Å². The maximum absolute atomic E-state index is 13.1. The molecule has 0 N–H and O–H groups in total. The van der Waals surface area contributed by atoms with Gasteiger partial charge in [-0.05, 0) is 31.5 Å². The van der Waals surface area contributed by atoms with Gasteiger partial charge in [-0.3, -0.25) is 9.69 Å². The summed E-state index contributed by atoms with van der Waals surface area (Å²) in [6.07, 6.45) is -0.225. The van der Waals surface area contributed by atoms with Crippen molar-refractivity contribution in [2.75, 3.05) is 26.2 Å². The van der Waals surface area contributed by atoms with Crippen LogP contribution in [0.2, 0.25) is 0 Å². The lowest BCUT2D eigenvalue weighted by Gasteiger charge is -2.36. The molecule has 2 aliphatic heterocycles. The Morgan fingerprint density at radius 2 is 1.89 bits per heavy atom. The summed E-state index contributed by atoms with van der Waals surface area (Å²) >= 11 is 0. The number of amides is 1. The first kappa shape index (κ1) is 18.1. The fourth-order valence-electron chi connectivity index (χ4n) is 3.65. The standard InChI is InChI=1S/C19H24FN5O2/c1-13(2)23-7-9-24(10-8-23)19(26)18-16-12-27-17(11-25(16)22-21-18)14-3-5-15(20)6-4-14/h3-6,13,17H,7-12H2,1-2H3/t17-/m1/s1. The van der Waals surface area contributed by atoms with Crippen molar-refractivity contribution < 1.29 is 13.9 Å². The SMILES string of the molecule is CC(C)N1CCN(C(=O)c2nnn3c2CO[C@@H](c2ccc(F)cc2)C3)CC1. The molecular weight excluding hydrogens is 349 g/mol. The molecule has 1 fully saturated rings. The highest BCUT2D eigenvalue weighted by Crippen LogP contribution is 2.27. The molecule has 1 aromatic heterocycles. The highest BCUT2D eigenvalue weighted by molar-refractivity contribution is 5.93. The number of benzene rings is 1. The third-order valence-electron chi connectivity index (χ3n) is 5.37. The van der Waals surface area contributed by atoms with Gasteiger partial charge in [0.25, 0.3) is 5.91 Å². The molecule has 1 atom stereocenters. The van der Waals surface area contributed by atoms with E-state index >= 15 is 0 Å². The summed E-state index contributed by atoms with van der Waals surface area (Å²) in [5.41, 5.74) is 1.98. The Morgan fingerprint density at radius 3 is 2.56 bits per heavy atom. The van der Waals surface area contributed by atoms with Gasteiger partial charge < -0.3 is 9.64 Å². The molecule has 0 saturated carbocycles. The number of fused-ring (bicyclic) bond motifs is 1. The number of hydrogen-bond acceptors (Lipinski definition) is 5. The van der Waals surface area contributed by atoms with E-state index in [4.69, 9.17) is 4.74 Å². The molecule has 2 aromatic rings. The van der Waals surface area contributed by atoms with Crippen LogP contribution in [0.4, 0.5) is 4.39 Å². The Balaban J connectivity index is 1.45. The number of ether oxygens (including phenoxy) is 1. The fraction of sp³-hybridized carbons (Fsp3) is 0.526. The number of carbonyl (C=O) groups excluding carboxylic acids is 1. The Morgan fingerprint density at radius 1 is 1.19 bits per heavy atom. The van der Waals surface area contributed by atoms with Gasteiger partial charge in [0.05, 0.1) is 18.8 Å². The number of rotatable bonds is 3. The molecule has 7 nitrogen and oxygen atoms in total. The minimum absolute atomic E-state index is 0.0801. The molecule has 0 bridgehead atoms. The average molecular weight is 373 g/mol. The molecular formula is C19H24FN5O2. The summed E-state index contributed by atoms with van der Waals surface area (Å²) < 4.78 is 20.8. The quantitative estimate of drug-likeness (QED) is 0.822. The lowest BCUT2D eigenvalue weighted by Crippen LogP contribution is -2.51. The van der Waals surface area contributed by atoms with Crippen LogP contribution in [0.5, 0.6) is 0 Å². The lowest BCUT2D eigenvalue weighted by atomic mass is 10.1. The van der Waals surface area contributed by atoms with Crippen molar-refractivity contribution in [1.82, 2.24) is 24.8 Å². The van der Waals surface area contributed by atoms with Crippen molar-refractivity contribution in [3.63, 3.8) is 0 Å². The Kier molecular flexibility index (Phi) is 4.92. The maximum atomic E-state index is 13.1. The lowest BCUT2D eigenvalue weighted by molar-refractivity contribution is -0.00209. The molecule has 0 unspecified atom stereocenters. The maximum Gasteiger partial charge on any atom is 0.276 e. The number of aromatic nitrogens is 3. The van der Waals surface area contributed by atoms with Crippen molar-refractivity contribution in [2.24, 2.45) is 0 Å². The van der Waals surface area contributed by atoms with E-state index < -0.39 is 0 Å². The molecule has 144 valence electrons. The van der Waals surface area contributed by atoms with Gasteiger partial charge in [-0.2, -0.15) is 0 Å². The summed E-state index contributed by atoms with van der Waals surface area (Å²) in [7, 11) is 0. The van der Waals surface area contributed by atoms with E-state index in [1.54, 1.807) is 16.8 Å². The van der Waals surface area contributed by atoms with Gasteiger partial charge in [-0.25, -0.2) is 9.07 Å². The minimum atomic E-state index is -0.276. The van der Waals surface area contributed by atoms with Gasteiger partial charge in [0, 0.05) is 32.2 Å². The van der Waals surface area contributed by atoms with Crippen LogP contribution in [0.1, 0.15) is 41.7 Å². The van der Waals surface area contributed by atoms with Gasteiger partial charge in [0.2, 0.25) is 0 Å². The number of halogens is 1.